The topological polar surface area (TPSA) is 46.3 Å². The number of nitrogens with zero attached hydrogens (tertiary/aromatic N) is 1. The molecule has 0 aromatic heterocycles. The van der Waals surface area contributed by atoms with Crippen molar-refractivity contribution in [1.82, 2.24) is 4.90 Å². The van der Waals surface area contributed by atoms with E-state index in [9.17, 15) is 4.79 Å². The summed E-state index contributed by atoms with van der Waals surface area (Å²) in [5.74, 6) is 0.150. The van der Waals surface area contributed by atoms with Crippen LogP contribution in [-0.2, 0) is 0 Å². The normalized spacial score (nSPS) is 17.7. The summed E-state index contributed by atoms with van der Waals surface area (Å²) in [6.07, 6.45) is 7.35. The third kappa shape index (κ3) is 3.49. The fourth-order valence-electron chi connectivity index (χ4n) is 2.44. The number of hydrogen-bond acceptors (Lipinski definition) is 2. The average Bonchev–Trinajstić information content (AvgIpc) is 2.52. The maximum atomic E-state index is 12.4. The van der Waals surface area contributed by atoms with E-state index in [1.807, 2.05) is 17.0 Å². The summed E-state index contributed by atoms with van der Waals surface area (Å²) >= 11 is 0. The van der Waals surface area contributed by atoms with Crippen LogP contribution in [0.3, 0.4) is 0 Å². The molecule has 98 valence electrons. The van der Waals surface area contributed by atoms with Crippen molar-refractivity contribution in [2.24, 2.45) is 0 Å². The zero-order valence-corrected chi connectivity index (χ0v) is 10.9. The molecule has 1 aromatic carbocycles. The van der Waals surface area contributed by atoms with Crippen LogP contribution in [0.2, 0.25) is 0 Å². The summed E-state index contributed by atoms with van der Waals surface area (Å²) in [4.78, 5) is 14.4. The Labute approximate surface area is 109 Å². The van der Waals surface area contributed by atoms with Gasteiger partial charge in [0, 0.05) is 24.3 Å². The Kier molecular flexibility index (Phi) is 4.62. The molecular formula is C15H22N2O. The summed E-state index contributed by atoms with van der Waals surface area (Å²) in [5.41, 5.74) is 7.10. The number of hydrogen-bond donors (Lipinski definition) is 1. The molecule has 3 nitrogen and oxygen atoms in total. The zero-order chi connectivity index (χ0) is 12.8. The molecule has 1 saturated heterocycles. The van der Waals surface area contributed by atoms with Gasteiger partial charge in [-0.05, 0) is 37.1 Å². The minimum atomic E-state index is 0.150. The Morgan fingerprint density at radius 1 is 0.889 bits per heavy atom. The lowest BCUT2D eigenvalue weighted by Gasteiger charge is -2.22. The van der Waals surface area contributed by atoms with E-state index in [0.717, 1.165) is 31.5 Å². The molecule has 0 bridgehead atoms. The predicted molar refractivity (Wildman–Crippen MR) is 74.5 cm³/mol. The summed E-state index contributed by atoms with van der Waals surface area (Å²) in [6.45, 7) is 1.78. The van der Waals surface area contributed by atoms with Crippen LogP contribution in [0, 0.1) is 0 Å². The molecule has 1 amide bonds. The van der Waals surface area contributed by atoms with Gasteiger partial charge >= 0.3 is 0 Å². The first-order valence-electron chi connectivity index (χ1n) is 6.92. The van der Waals surface area contributed by atoms with E-state index in [1.54, 1.807) is 12.1 Å². The van der Waals surface area contributed by atoms with Crippen molar-refractivity contribution in [3.8, 4) is 0 Å². The number of rotatable bonds is 1. The Morgan fingerprint density at radius 3 is 1.94 bits per heavy atom. The number of anilines is 1. The standard InChI is InChI=1S/C15H22N2O/c16-14-9-7-13(8-10-14)15(18)17-11-5-3-1-2-4-6-12-17/h7-10H,1-6,11-12,16H2. The summed E-state index contributed by atoms with van der Waals surface area (Å²) < 4.78 is 0. The molecule has 1 aliphatic heterocycles. The minimum Gasteiger partial charge on any atom is -0.399 e. The fourth-order valence-corrected chi connectivity index (χ4v) is 2.44. The van der Waals surface area contributed by atoms with Crippen molar-refractivity contribution in [1.29, 1.82) is 0 Å². The van der Waals surface area contributed by atoms with Crippen molar-refractivity contribution in [3.05, 3.63) is 29.8 Å². The van der Waals surface area contributed by atoms with Gasteiger partial charge in [0.05, 0.1) is 0 Å². The first kappa shape index (κ1) is 12.9. The molecule has 1 aromatic rings. The summed E-state index contributed by atoms with van der Waals surface area (Å²) in [7, 11) is 0. The van der Waals surface area contributed by atoms with Crippen LogP contribution >= 0.6 is 0 Å². The zero-order valence-electron chi connectivity index (χ0n) is 10.9. The molecule has 0 spiro atoms. The van der Waals surface area contributed by atoms with E-state index in [4.69, 9.17) is 5.73 Å². The molecule has 0 saturated carbocycles. The van der Waals surface area contributed by atoms with E-state index >= 15 is 0 Å². The van der Waals surface area contributed by atoms with Crippen LogP contribution in [0.15, 0.2) is 24.3 Å². The van der Waals surface area contributed by atoms with E-state index in [0.29, 0.717) is 5.69 Å². The Bertz CT molecular complexity index is 376. The molecule has 2 N–H and O–H groups in total. The van der Waals surface area contributed by atoms with Gasteiger partial charge in [0.1, 0.15) is 0 Å². The van der Waals surface area contributed by atoms with Crippen molar-refractivity contribution in [2.75, 3.05) is 18.8 Å². The van der Waals surface area contributed by atoms with Crippen LogP contribution in [0.5, 0.6) is 0 Å². The number of nitrogen functional groups attached to an aromatic ring is 1. The van der Waals surface area contributed by atoms with Gasteiger partial charge in [0.25, 0.3) is 5.91 Å². The summed E-state index contributed by atoms with van der Waals surface area (Å²) in [6, 6.07) is 7.24. The number of carbonyl (C=O) groups excluding carboxylic acids is 1. The van der Waals surface area contributed by atoms with E-state index in [1.165, 1.54) is 25.7 Å². The highest BCUT2D eigenvalue weighted by atomic mass is 16.2. The SMILES string of the molecule is Nc1ccc(C(=O)N2CCCCCCCC2)cc1. The van der Waals surface area contributed by atoms with E-state index in [2.05, 4.69) is 0 Å². The lowest BCUT2D eigenvalue weighted by molar-refractivity contribution is 0.0752. The van der Waals surface area contributed by atoms with Gasteiger partial charge in [-0.2, -0.15) is 0 Å². The molecule has 1 aliphatic rings. The molecule has 18 heavy (non-hydrogen) atoms. The molecule has 2 rings (SSSR count). The van der Waals surface area contributed by atoms with Gasteiger partial charge in [-0.25, -0.2) is 0 Å². The highest BCUT2D eigenvalue weighted by molar-refractivity contribution is 5.94. The largest absolute Gasteiger partial charge is 0.399 e. The maximum absolute atomic E-state index is 12.4. The second-order valence-corrected chi connectivity index (χ2v) is 5.04. The monoisotopic (exact) mass is 246 g/mol. The Morgan fingerprint density at radius 2 is 1.39 bits per heavy atom. The lowest BCUT2D eigenvalue weighted by Crippen LogP contribution is -2.32. The smallest absolute Gasteiger partial charge is 0.253 e. The maximum Gasteiger partial charge on any atom is 0.253 e. The summed E-state index contributed by atoms with van der Waals surface area (Å²) in [5, 5.41) is 0. The molecule has 1 fully saturated rings. The van der Waals surface area contributed by atoms with Crippen LogP contribution < -0.4 is 5.73 Å². The molecule has 3 heteroatoms. The minimum absolute atomic E-state index is 0.150. The molecular weight excluding hydrogens is 224 g/mol. The third-order valence-corrected chi connectivity index (χ3v) is 3.55. The lowest BCUT2D eigenvalue weighted by atomic mass is 10.1. The predicted octanol–water partition coefficient (Wildman–Crippen LogP) is 3.07. The van der Waals surface area contributed by atoms with E-state index < -0.39 is 0 Å². The van der Waals surface area contributed by atoms with Gasteiger partial charge in [0.2, 0.25) is 0 Å². The van der Waals surface area contributed by atoms with Gasteiger partial charge < -0.3 is 10.6 Å². The Hall–Kier alpha value is -1.51. The van der Waals surface area contributed by atoms with Crippen LogP contribution in [0.25, 0.3) is 0 Å². The van der Waals surface area contributed by atoms with Crippen LogP contribution in [-0.4, -0.2) is 23.9 Å². The highest BCUT2D eigenvalue weighted by Crippen LogP contribution is 2.14. The van der Waals surface area contributed by atoms with Crippen molar-refractivity contribution in [2.45, 2.75) is 38.5 Å². The Balaban J connectivity index is 2.03. The highest BCUT2D eigenvalue weighted by Gasteiger charge is 2.15. The third-order valence-electron chi connectivity index (χ3n) is 3.55. The number of nitrogens with two attached hydrogens (primary N) is 1. The van der Waals surface area contributed by atoms with Gasteiger partial charge in [-0.15, -0.1) is 0 Å². The average molecular weight is 246 g/mol. The molecule has 0 aliphatic carbocycles. The number of carbonyl (C=O) groups is 1. The van der Waals surface area contributed by atoms with Gasteiger partial charge in [0.15, 0.2) is 0 Å². The van der Waals surface area contributed by atoms with Gasteiger partial charge in [-0.3, -0.25) is 4.79 Å². The second kappa shape index (κ2) is 6.43. The number of benzene rings is 1. The quantitative estimate of drug-likeness (QED) is 0.774. The van der Waals surface area contributed by atoms with Crippen molar-refractivity contribution < 1.29 is 4.79 Å². The number of amides is 1. The molecule has 1 heterocycles. The van der Waals surface area contributed by atoms with Crippen molar-refractivity contribution >= 4 is 11.6 Å². The van der Waals surface area contributed by atoms with Gasteiger partial charge in [-0.1, -0.05) is 25.7 Å². The van der Waals surface area contributed by atoms with Crippen LogP contribution in [0.1, 0.15) is 48.9 Å². The fraction of sp³-hybridized carbons (Fsp3) is 0.533. The molecule has 0 atom stereocenters. The first-order valence-corrected chi connectivity index (χ1v) is 6.92. The van der Waals surface area contributed by atoms with Crippen molar-refractivity contribution in [3.63, 3.8) is 0 Å². The second-order valence-electron chi connectivity index (χ2n) is 5.04. The van der Waals surface area contributed by atoms with Crippen LogP contribution in [0.4, 0.5) is 5.69 Å². The molecule has 0 radical (unpaired) electrons. The first-order chi connectivity index (χ1) is 8.77. The molecule has 0 unspecified atom stereocenters. The van der Waals surface area contributed by atoms with E-state index in [-0.39, 0.29) is 5.91 Å².